The average Bonchev–Trinajstić information content (AvgIpc) is 3.28. The van der Waals surface area contributed by atoms with Crippen LogP contribution in [0.15, 0.2) is 76.3 Å². The predicted octanol–water partition coefficient (Wildman–Crippen LogP) is 6.10. The molecule has 0 aromatic heterocycles. The van der Waals surface area contributed by atoms with Gasteiger partial charge in [-0.25, -0.2) is 4.79 Å². The fourth-order valence-corrected chi connectivity index (χ4v) is 7.33. The Labute approximate surface area is 250 Å². The number of allylic oxidation sites excluding steroid dienone is 6. The Hall–Kier alpha value is -2.96. The molecule has 0 radical (unpaired) electrons. The molecule has 4 aliphatic rings. The molecular weight excluding hydrogens is 532 g/mol. The number of fused-ring (bicyclic) bond motifs is 1. The van der Waals surface area contributed by atoms with E-state index in [9.17, 15) is 19.8 Å². The molecule has 42 heavy (non-hydrogen) atoms. The Morgan fingerprint density at radius 3 is 2.31 bits per heavy atom. The van der Waals surface area contributed by atoms with Gasteiger partial charge in [-0.2, -0.15) is 0 Å². The number of cyclic esters (lactones) is 1. The van der Waals surface area contributed by atoms with E-state index < -0.39 is 34.3 Å². The van der Waals surface area contributed by atoms with Crippen LogP contribution in [0.5, 0.6) is 0 Å². The number of hydrogen-bond donors (Lipinski definition) is 2. The topological polar surface area (TPSA) is 106 Å². The predicted molar refractivity (Wildman–Crippen MR) is 161 cm³/mol. The number of ether oxygens (including phenoxy) is 3. The summed E-state index contributed by atoms with van der Waals surface area (Å²) in [7, 11) is 0. The van der Waals surface area contributed by atoms with E-state index >= 15 is 0 Å². The summed E-state index contributed by atoms with van der Waals surface area (Å²) in [6, 6.07) is 0. The number of rotatable bonds is 6. The summed E-state index contributed by atoms with van der Waals surface area (Å²) < 4.78 is 17.1. The zero-order chi connectivity index (χ0) is 31.3. The molecule has 0 unspecified atom stereocenters. The number of hydrogen-bond acceptors (Lipinski definition) is 7. The van der Waals surface area contributed by atoms with Crippen LogP contribution >= 0.6 is 0 Å². The van der Waals surface area contributed by atoms with E-state index in [0.717, 1.165) is 16.7 Å². The van der Waals surface area contributed by atoms with Gasteiger partial charge in [-0.05, 0) is 87.5 Å². The van der Waals surface area contributed by atoms with E-state index in [1.54, 1.807) is 19.1 Å². The lowest BCUT2D eigenvalue weighted by atomic mass is 9.63. The van der Waals surface area contributed by atoms with E-state index in [-0.39, 0.29) is 17.5 Å². The van der Waals surface area contributed by atoms with Crippen molar-refractivity contribution in [3.63, 3.8) is 0 Å². The van der Waals surface area contributed by atoms with Crippen LogP contribution in [0.25, 0.3) is 0 Å². The van der Waals surface area contributed by atoms with E-state index in [1.165, 1.54) is 6.92 Å². The SMILES string of the molecule is CC(=O)O[C@H]1CC(C)(C)C(=C=C/C(C)=C/C=C(C)/C=C2C=C(/C=C/[C@@]34O[C@]3(C)C[C@@H](O)CC4(C)C)C(=O)O/2)[C@](C)(O)C1. The highest BCUT2D eigenvalue weighted by molar-refractivity contribution is 5.95. The van der Waals surface area contributed by atoms with Crippen molar-refractivity contribution >= 4 is 11.9 Å². The van der Waals surface area contributed by atoms with Crippen molar-refractivity contribution in [3.8, 4) is 0 Å². The lowest BCUT2D eigenvalue weighted by molar-refractivity contribution is -0.152. The van der Waals surface area contributed by atoms with Gasteiger partial charge >= 0.3 is 11.9 Å². The third kappa shape index (κ3) is 6.35. The second-order valence-electron chi connectivity index (χ2n) is 14.2. The van der Waals surface area contributed by atoms with Gasteiger partial charge in [-0.3, -0.25) is 4.79 Å². The van der Waals surface area contributed by atoms with Crippen molar-refractivity contribution < 1.29 is 34.0 Å². The molecule has 2 aliphatic carbocycles. The monoisotopic (exact) mass is 578 g/mol. The second-order valence-corrected chi connectivity index (χ2v) is 14.2. The Balaban J connectivity index is 1.47. The highest BCUT2D eigenvalue weighted by Crippen LogP contribution is 2.66. The first-order valence-electron chi connectivity index (χ1n) is 14.7. The van der Waals surface area contributed by atoms with Gasteiger partial charge in [-0.1, -0.05) is 39.8 Å². The summed E-state index contributed by atoms with van der Waals surface area (Å²) in [4.78, 5) is 24.0. The number of epoxide rings is 1. The molecule has 0 spiro atoms. The lowest BCUT2D eigenvalue weighted by Gasteiger charge is -2.44. The van der Waals surface area contributed by atoms with Crippen LogP contribution in [0.3, 0.4) is 0 Å². The largest absolute Gasteiger partial charge is 0.462 e. The van der Waals surface area contributed by atoms with Crippen LogP contribution in [-0.4, -0.2) is 51.2 Å². The zero-order valence-corrected chi connectivity index (χ0v) is 26.5. The highest BCUT2D eigenvalue weighted by atomic mass is 16.6. The summed E-state index contributed by atoms with van der Waals surface area (Å²) in [6.07, 6.45) is 14.4. The van der Waals surface area contributed by atoms with Gasteiger partial charge in [-0.15, -0.1) is 5.73 Å². The first-order valence-corrected chi connectivity index (χ1v) is 14.7. The highest BCUT2D eigenvalue weighted by Gasteiger charge is 2.74. The van der Waals surface area contributed by atoms with Crippen molar-refractivity contribution in [1.29, 1.82) is 0 Å². The number of aliphatic hydroxyl groups is 2. The minimum Gasteiger partial charge on any atom is -0.462 e. The minimum absolute atomic E-state index is 0.263. The normalized spacial score (nSPS) is 36.7. The van der Waals surface area contributed by atoms with Crippen LogP contribution in [0.2, 0.25) is 0 Å². The summed E-state index contributed by atoms with van der Waals surface area (Å²) in [6.45, 7) is 17.3. The third-order valence-electron chi connectivity index (χ3n) is 9.08. The molecule has 228 valence electrons. The third-order valence-corrected chi connectivity index (χ3v) is 9.08. The number of esters is 2. The standard InChI is InChI=1S/C35H46O7/c1-22(12-13-29-31(4,5)20-28(40-24(3)36)21-33(29,8)39)10-11-23(2)16-27-17-25(30(38)41-27)14-15-35-32(6,7)18-26(37)19-34(35,9)42-35/h10-12,14-17,26,28,37,39H,18-21H2,1-9H3/b15-14+,22-10+,23-11+,27-16-/t13?,26-,28-,33+,34+,35-/m0/s1. The number of carbonyl (C=O) groups excluding carboxylic acids is 2. The van der Waals surface area contributed by atoms with Gasteiger partial charge in [0.25, 0.3) is 0 Å². The van der Waals surface area contributed by atoms with Crippen LogP contribution in [0.4, 0.5) is 0 Å². The second kappa shape index (κ2) is 10.9. The molecule has 2 saturated carbocycles. The molecule has 2 heterocycles. The molecule has 3 fully saturated rings. The van der Waals surface area contributed by atoms with Crippen LogP contribution in [0.1, 0.15) is 88.0 Å². The average molecular weight is 579 g/mol. The Bertz CT molecular complexity index is 1360. The van der Waals surface area contributed by atoms with Gasteiger partial charge in [0.2, 0.25) is 0 Å². The van der Waals surface area contributed by atoms with E-state index in [0.29, 0.717) is 37.0 Å². The van der Waals surface area contributed by atoms with E-state index in [4.69, 9.17) is 14.2 Å². The van der Waals surface area contributed by atoms with Gasteiger partial charge < -0.3 is 24.4 Å². The molecule has 0 bridgehead atoms. The molecule has 2 aliphatic heterocycles. The van der Waals surface area contributed by atoms with Crippen LogP contribution in [0, 0.1) is 10.8 Å². The molecule has 0 aromatic carbocycles. The lowest BCUT2D eigenvalue weighted by Crippen LogP contribution is -2.46. The first-order chi connectivity index (χ1) is 19.3. The van der Waals surface area contributed by atoms with Crippen LogP contribution < -0.4 is 0 Å². The molecule has 0 aromatic rings. The summed E-state index contributed by atoms with van der Waals surface area (Å²) in [5, 5.41) is 21.4. The molecule has 2 N–H and O–H groups in total. The van der Waals surface area contributed by atoms with Gasteiger partial charge in [0, 0.05) is 30.8 Å². The van der Waals surface area contributed by atoms with Crippen molar-refractivity contribution in [3.05, 3.63) is 76.3 Å². The molecule has 0 amide bonds. The molecule has 7 heteroatoms. The van der Waals surface area contributed by atoms with E-state index in [2.05, 4.69) is 19.6 Å². The molecule has 4 rings (SSSR count). The maximum Gasteiger partial charge on any atom is 0.343 e. The number of carbonyl (C=O) groups is 2. The van der Waals surface area contributed by atoms with Crippen molar-refractivity contribution in [2.45, 2.75) is 117 Å². The van der Waals surface area contributed by atoms with Crippen molar-refractivity contribution in [1.82, 2.24) is 0 Å². The van der Waals surface area contributed by atoms with Crippen LogP contribution in [-0.2, 0) is 23.8 Å². The van der Waals surface area contributed by atoms with Gasteiger partial charge in [0.15, 0.2) is 0 Å². The first kappa shape index (κ1) is 32.0. The molecule has 1 saturated heterocycles. The summed E-state index contributed by atoms with van der Waals surface area (Å²) in [5.74, 6) is -0.280. The number of aliphatic hydroxyl groups excluding tert-OH is 1. The fourth-order valence-electron chi connectivity index (χ4n) is 7.33. The maximum atomic E-state index is 12.6. The molecule has 7 nitrogen and oxygen atoms in total. The molecular formula is C35H46O7. The van der Waals surface area contributed by atoms with Crippen molar-refractivity contribution in [2.24, 2.45) is 10.8 Å². The Morgan fingerprint density at radius 2 is 1.69 bits per heavy atom. The van der Waals surface area contributed by atoms with Crippen molar-refractivity contribution in [2.75, 3.05) is 0 Å². The van der Waals surface area contributed by atoms with E-state index in [1.807, 2.05) is 65.0 Å². The summed E-state index contributed by atoms with van der Waals surface area (Å²) >= 11 is 0. The minimum atomic E-state index is -1.14. The zero-order valence-electron chi connectivity index (χ0n) is 26.5. The Morgan fingerprint density at radius 1 is 1.02 bits per heavy atom. The summed E-state index contributed by atoms with van der Waals surface area (Å²) in [5.41, 5.74) is 3.64. The van der Waals surface area contributed by atoms with Gasteiger partial charge in [0.05, 0.1) is 17.3 Å². The quantitative estimate of drug-likeness (QED) is 0.170. The van der Waals surface area contributed by atoms with Gasteiger partial charge in [0.1, 0.15) is 23.1 Å². The maximum absolute atomic E-state index is 12.6. The molecule has 5 atom stereocenters. The fraction of sp³-hybridized carbons (Fsp3) is 0.571. The smallest absolute Gasteiger partial charge is 0.343 e. The Kier molecular flexibility index (Phi) is 8.33.